The maximum absolute atomic E-state index is 11.5. The fourth-order valence-electron chi connectivity index (χ4n) is 2.86. The molecule has 2 aromatic heterocycles. The zero-order valence-corrected chi connectivity index (χ0v) is 19.4. The summed E-state index contributed by atoms with van der Waals surface area (Å²) in [5.74, 6) is -0.564. The van der Waals surface area contributed by atoms with Gasteiger partial charge in [0.1, 0.15) is 11.2 Å². The summed E-state index contributed by atoms with van der Waals surface area (Å²) in [6.07, 6.45) is 0. The Morgan fingerprint density at radius 2 is 1.28 bits per heavy atom. The number of rotatable bonds is 5. The van der Waals surface area contributed by atoms with E-state index in [0.29, 0.717) is 29.9 Å². The lowest BCUT2D eigenvalue weighted by molar-refractivity contribution is 0.0484. The van der Waals surface area contributed by atoms with Crippen LogP contribution in [0.5, 0.6) is 0 Å². The molecule has 0 radical (unpaired) electrons. The Morgan fingerprint density at radius 1 is 0.781 bits per heavy atom. The summed E-state index contributed by atoms with van der Waals surface area (Å²) in [5.41, 5.74) is 1.75. The first-order valence-electron chi connectivity index (χ1n) is 9.90. The van der Waals surface area contributed by atoms with E-state index in [1.54, 1.807) is 44.2 Å². The molecule has 0 atom stereocenters. The van der Waals surface area contributed by atoms with Crippen LogP contribution in [0.3, 0.4) is 0 Å². The number of Topliss-reactive ketones (excluding diaryl/α,β-unsaturated/α-hetero) is 1. The van der Waals surface area contributed by atoms with E-state index in [1.807, 2.05) is 18.2 Å². The van der Waals surface area contributed by atoms with Crippen molar-refractivity contribution in [2.24, 2.45) is 0 Å². The van der Waals surface area contributed by atoms with Gasteiger partial charge in [-0.25, -0.2) is 9.59 Å². The molecule has 7 nitrogen and oxygen atoms in total. The Bertz CT molecular complexity index is 1280. The molecule has 0 fully saturated rings. The van der Waals surface area contributed by atoms with E-state index in [1.165, 1.54) is 6.92 Å². The number of hydrogen-bond acceptors (Lipinski definition) is 7. The van der Waals surface area contributed by atoms with Gasteiger partial charge in [0.2, 0.25) is 11.5 Å². The third-order valence-corrected chi connectivity index (χ3v) is 4.86. The molecule has 0 saturated heterocycles. The second-order valence-corrected chi connectivity index (χ2v) is 7.57. The monoisotopic (exact) mass is 500 g/mol. The quantitative estimate of drug-likeness (QED) is 0.238. The van der Waals surface area contributed by atoms with Crippen LogP contribution < -0.4 is 0 Å². The van der Waals surface area contributed by atoms with E-state index in [4.69, 9.17) is 18.3 Å². The molecular weight excluding hydrogens is 480 g/mol. The number of ketones is 1. The third-order valence-electron chi connectivity index (χ3n) is 4.36. The fourth-order valence-corrected chi connectivity index (χ4v) is 3.20. The molecule has 8 heteroatoms. The highest BCUT2D eigenvalue weighted by atomic mass is 79.9. The van der Waals surface area contributed by atoms with Crippen molar-refractivity contribution in [1.82, 2.24) is 0 Å². The van der Waals surface area contributed by atoms with Crippen molar-refractivity contribution in [3.05, 3.63) is 70.1 Å². The van der Waals surface area contributed by atoms with Gasteiger partial charge in [-0.2, -0.15) is 0 Å². The van der Waals surface area contributed by atoms with E-state index < -0.39 is 11.9 Å². The van der Waals surface area contributed by atoms with Crippen LogP contribution in [0.2, 0.25) is 0 Å². The summed E-state index contributed by atoms with van der Waals surface area (Å²) in [5, 5.41) is 1.67. The van der Waals surface area contributed by atoms with Gasteiger partial charge in [0.15, 0.2) is 5.78 Å². The van der Waals surface area contributed by atoms with Crippen molar-refractivity contribution in [3.8, 4) is 0 Å². The number of esters is 2. The Kier molecular flexibility index (Phi) is 7.48. The first kappa shape index (κ1) is 23.3. The molecule has 0 spiro atoms. The van der Waals surface area contributed by atoms with Gasteiger partial charge in [-0.3, -0.25) is 4.79 Å². The van der Waals surface area contributed by atoms with Crippen molar-refractivity contribution in [3.63, 3.8) is 0 Å². The Balaban J connectivity index is 0.000000182. The highest BCUT2D eigenvalue weighted by molar-refractivity contribution is 9.10. The maximum atomic E-state index is 11.5. The summed E-state index contributed by atoms with van der Waals surface area (Å²) in [7, 11) is 0. The van der Waals surface area contributed by atoms with Crippen LogP contribution in [0.1, 0.15) is 52.2 Å². The number of carbonyl (C=O) groups excluding carboxylic acids is 3. The molecule has 0 aliphatic carbocycles. The van der Waals surface area contributed by atoms with Gasteiger partial charge in [0.05, 0.1) is 13.2 Å². The summed E-state index contributed by atoms with van der Waals surface area (Å²) in [4.78, 5) is 34.0. The van der Waals surface area contributed by atoms with Gasteiger partial charge >= 0.3 is 11.9 Å². The van der Waals surface area contributed by atoms with Crippen LogP contribution >= 0.6 is 15.9 Å². The van der Waals surface area contributed by atoms with E-state index in [0.717, 1.165) is 15.2 Å². The van der Waals surface area contributed by atoms with Crippen molar-refractivity contribution in [2.45, 2.75) is 20.8 Å². The van der Waals surface area contributed by atoms with Crippen LogP contribution in [-0.2, 0) is 9.47 Å². The Morgan fingerprint density at radius 3 is 1.78 bits per heavy atom. The zero-order valence-electron chi connectivity index (χ0n) is 17.8. The van der Waals surface area contributed by atoms with Crippen molar-refractivity contribution in [1.29, 1.82) is 0 Å². The van der Waals surface area contributed by atoms with E-state index in [2.05, 4.69) is 15.9 Å². The van der Waals surface area contributed by atoms with Crippen LogP contribution in [-0.4, -0.2) is 30.9 Å². The Hall–Kier alpha value is -3.39. The molecule has 0 aliphatic heterocycles. The minimum atomic E-state index is -0.493. The average Bonchev–Trinajstić information content (AvgIpc) is 3.37. The van der Waals surface area contributed by atoms with E-state index in [9.17, 15) is 14.4 Å². The molecule has 0 saturated carbocycles. The van der Waals surface area contributed by atoms with Gasteiger partial charge in [-0.1, -0.05) is 28.1 Å². The van der Waals surface area contributed by atoms with Crippen LogP contribution in [0.4, 0.5) is 0 Å². The van der Waals surface area contributed by atoms with Crippen LogP contribution in [0.25, 0.3) is 21.9 Å². The number of benzene rings is 2. The molecular formula is C24H21BrO7. The topological polar surface area (TPSA) is 96.0 Å². The molecule has 0 aliphatic rings. The number of fused-ring (bicyclic) bond motifs is 2. The number of hydrogen-bond donors (Lipinski definition) is 0. The first-order chi connectivity index (χ1) is 15.3. The van der Waals surface area contributed by atoms with Crippen LogP contribution in [0.15, 0.2) is 61.8 Å². The fraction of sp³-hybridized carbons (Fsp3) is 0.208. The molecule has 0 unspecified atom stereocenters. The second kappa shape index (κ2) is 10.3. The van der Waals surface area contributed by atoms with Crippen molar-refractivity contribution < 1.29 is 32.7 Å². The van der Waals surface area contributed by atoms with Crippen LogP contribution in [0, 0.1) is 0 Å². The first-order valence-corrected chi connectivity index (χ1v) is 10.7. The summed E-state index contributed by atoms with van der Waals surface area (Å²) >= 11 is 3.33. The highest BCUT2D eigenvalue weighted by Gasteiger charge is 2.14. The second-order valence-electron chi connectivity index (χ2n) is 6.65. The molecule has 4 rings (SSSR count). The molecule has 2 aromatic carbocycles. The standard InChI is InChI=1S/C13H12O4.C11H9BrO3/c1-3-16-13(15)12-7-10-5-4-9(8(2)14)6-11(10)17-12;1-2-14-11(13)10-5-7-3-4-8(12)6-9(7)15-10/h4-7H,3H2,1-2H3;3-6H,2H2,1H3. The van der Waals surface area contributed by atoms with Crippen molar-refractivity contribution in [2.75, 3.05) is 13.2 Å². The molecule has 4 aromatic rings. The predicted octanol–water partition coefficient (Wildman–Crippen LogP) is 6.18. The van der Waals surface area contributed by atoms with E-state index >= 15 is 0 Å². The largest absolute Gasteiger partial charge is 0.460 e. The Labute approximate surface area is 192 Å². The summed E-state index contributed by atoms with van der Waals surface area (Å²) in [6.45, 7) is 5.62. The lowest BCUT2D eigenvalue weighted by Gasteiger charge is -1.95. The van der Waals surface area contributed by atoms with Gasteiger partial charge in [0.25, 0.3) is 0 Å². The molecule has 2 heterocycles. The maximum Gasteiger partial charge on any atom is 0.374 e. The smallest absolute Gasteiger partial charge is 0.374 e. The van der Waals surface area contributed by atoms with Crippen molar-refractivity contribution >= 4 is 55.6 Å². The number of halogens is 1. The SMILES string of the molecule is CCOC(=O)c1cc2ccc(Br)cc2o1.CCOC(=O)c1cc2ccc(C(C)=O)cc2o1. The normalized spacial score (nSPS) is 10.5. The van der Waals surface area contributed by atoms with Gasteiger partial charge in [0, 0.05) is 20.8 Å². The lowest BCUT2D eigenvalue weighted by Crippen LogP contribution is -2.02. The highest BCUT2D eigenvalue weighted by Crippen LogP contribution is 2.24. The number of carbonyl (C=O) groups is 3. The summed E-state index contributed by atoms with van der Waals surface area (Å²) < 4.78 is 21.3. The minimum absolute atomic E-state index is 0.0408. The zero-order chi connectivity index (χ0) is 23.3. The number of furan rings is 2. The number of ether oxygens (including phenoxy) is 2. The summed E-state index contributed by atoms with van der Waals surface area (Å²) in [6, 6.07) is 14.0. The third kappa shape index (κ3) is 5.45. The molecule has 0 amide bonds. The molecule has 0 bridgehead atoms. The van der Waals surface area contributed by atoms with Gasteiger partial charge < -0.3 is 18.3 Å². The molecule has 32 heavy (non-hydrogen) atoms. The molecule has 0 N–H and O–H groups in total. The lowest BCUT2D eigenvalue weighted by atomic mass is 10.1. The van der Waals surface area contributed by atoms with E-state index in [-0.39, 0.29) is 17.3 Å². The average molecular weight is 501 g/mol. The van der Waals surface area contributed by atoms with Gasteiger partial charge in [-0.05, 0) is 57.2 Å². The van der Waals surface area contributed by atoms with Gasteiger partial charge in [-0.15, -0.1) is 0 Å². The minimum Gasteiger partial charge on any atom is -0.460 e. The molecule has 166 valence electrons. The predicted molar refractivity (Wildman–Crippen MR) is 122 cm³/mol.